The Morgan fingerprint density at radius 1 is 1.27 bits per heavy atom. The summed E-state index contributed by atoms with van der Waals surface area (Å²) < 4.78 is 0. The maximum atomic E-state index is 3.71. The van der Waals surface area contributed by atoms with Crippen LogP contribution in [0.3, 0.4) is 0 Å². The molecule has 1 saturated heterocycles. The number of nitrogens with one attached hydrogen (secondary N) is 1. The quantitative estimate of drug-likeness (QED) is 0.686. The van der Waals surface area contributed by atoms with Crippen LogP contribution in [0.2, 0.25) is 0 Å². The van der Waals surface area contributed by atoms with E-state index in [1.165, 1.54) is 57.1 Å². The molecule has 0 spiro atoms. The third kappa shape index (κ3) is 2.87. The van der Waals surface area contributed by atoms with Crippen molar-refractivity contribution in [2.45, 2.75) is 64.3 Å². The Labute approximate surface area is 93.6 Å². The summed E-state index contributed by atoms with van der Waals surface area (Å²) in [5.74, 6) is 0. The third-order valence-corrected chi connectivity index (χ3v) is 3.53. The molecule has 84 valence electrons. The van der Waals surface area contributed by atoms with Crippen molar-refractivity contribution in [3.05, 3.63) is 23.4 Å². The van der Waals surface area contributed by atoms with E-state index in [1.807, 2.05) is 0 Å². The molecule has 1 heterocycles. The minimum Gasteiger partial charge on any atom is -0.382 e. The molecule has 15 heavy (non-hydrogen) atoms. The standard InChI is InChI=1S/C14H23N/c1-2-3-4-8-13-11-10-12-7-5-6-9-14(12)15-13/h7,9,13,15H,2-6,8,10-11H2,1H3. The summed E-state index contributed by atoms with van der Waals surface area (Å²) in [6.07, 6.45) is 15.4. The van der Waals surface area contributed by atoms with Gasteiger partial charge in [0.2, 0.25) is 0 Å². The summed E-state index contributed by atoms with van der Waals surface area (Å²) in [7, 11) is 0. The Balaban J connectivity index is 1.81. The summed E-state index contributed by atoms with van der Waals surface area (Å²) in [5, 5.41) is 3.71. The predicted octanol–water partition coefficient (Wildman–Crippen LogP) is 3.92. The molecule has 0 aromatic carbocycles. The topological polar surface area (TPSA) is 12.0 Å². The van der Waals surface area contributed by atoms with Gasteiger partial charge in [0.05, 0.1) is 0 Å². The van der Waals surface area contributed by atoms with Crippen LogP contribution in [0.4, 0.5) is 0 Å². The zero-order chi connectivity index (χ0) is 10.5. The van der Waals surface area contributed by atoms with Gasteiger partial charge in [-0.2, -0.15) is 0 Å². The Morgan fingerprint density at radius 3 is 3.00 bits per heavy atom. The van der Waals surface area contributed by atoms with Gasteiger partial charge in [-0.15, -0.1) is 0 Å². The highest BCUT2D eigenvalue weighted by Crippen LogP contribution is 2.28. The van der Waals surface area contributed by atoms with Gasteiger partial charge in [0.1, 0.15) is 0 Å². The molecule has 1 heteroatoms. The summed E-state index contributed by atoms with van der Waals surface area (Å²) in [5.41, 5.74) is 3.03. The first-order chi connectivity index (χ1) is 7.40. The molecule has 2 aliphatic rings. The van der Waals surface area contributed by atoms with Gasteiger partial charge in [-0.05, 0) is 37.7 Å². The minimum absolute atomic E-state index is 0.748. The van der Waals surface area contributed by atoms with E-state index < -0.39 is 0 Å². The van der Waals surface area contributed by atoms with Gasteiger partial charge < -0.3 is 5.32 Å². The van der Waals surface area contributed by atoms with Gasteiger partial charge in [0.15, 0.2) is 0 Å². The predicted molar refractivity (Wildman–Crippen MR) is 65.7 cm³/mol. The molecule has 0 bridgehead atoms. The fraction of sp³-hybridized carbons (Fsp3) is 0.714. The highest BCUT2D eigenvalue weighted by molar-refractivity contribution is 5.34. The van der Waals surface area contributed by atoms with Crippen molar-refractivity contribution in [1.29, 1.82) is 0 Å². The fourth-order valence-corrected chi connectivity index (χ4v) is 2.59. The smallest absolute Gasteiger partial charge is 0.0331 e. The van der Waals surface area contributed by atoms with Crippen molar-refractivity contribution in [1.82, 2.24) is 5.32 Å². The summed E-state index contributed by atoms with van der Waals surface area (Å²) in [6, 6.07) is 0.748. The summed E-state index contributed by atoms with van der Waals surface area (Å²) >= 11 is 0. The number of fused-ring (bicyclic) bond motifs is 1. The molecule has 1 fully saturated rings. The van der Waals surface area contributed by atoms with Crippen LogP contribution in [0.5, 0.6) is 0 Å². The van der Waals surface area contributed by atoms with Gasteiger partial charge in [-0.25, -0.2) is 0 Å². The lowest BCUT2D eigenvalue weighted by molar-refractivity contribution is 0.442. The van der Waals surface area contributed by atoms with E-state index in [-0.39, 0.29) is 0 Å². The molecule has 1 nitrogen and oxygen atoms in total. The molecule has 1 unspecified atom stereocenters. The van der Waals surface area contributed by atoms with Crippen molar-refractivity contribution in [3.63, 3.8) is 0 Å². The lowest BCUT2D eigenvalue weighted by Gasteiger charge is -2.30. The molecule has 1 atom stereocenters. The zero-order valence-corrected chi connectivity index (χ0v) is 9.89. The highest BCUT2D eigenvalue weighted by atomic mass is 14.9. The van der Waals surface area contributed by atoms with Crippen LogP contribution in [0.15, 0.2) is 23.4 Å². The van der Waals surface area contributed by atoms with Gasteiger partial charge in [0, 0.05) is 11.7 Å². The van der Waals surface area contributed by atoms with Crippen LogP contribution in [0.1, 0.15) is 58.3 Å². The maximum Gasteiger partial charge on any atom is 0.0331 e. The average molecular weight is 205 g/mol. The zero-order valence-electron chi connectivity index (χ0n) is 9.89. The van der Waals surface area contributed by atoms with E-state index >= 15 is 0 Å². The second-order valence-corrected chi connectivity index (χ2v) is 4.80. The van der Waals surface area contributed by atoms with E-state index in [0.29, 0.717) is 0 Å². The Hall–Kier alpha value is -0.720. The first-order valence-electron chi connectivity index (χ1n) is 6.56. The van der Waals surface area contributed by atoms with Crippen LogP contribution in [-0.4, -0.2) is 6.04 Å². The van der Waals surface area contributed by atoms with E-state index in [0.717, 1.165) is 6.04 Å². The number of rotatable bonds is 4. The number of hydrogen-bond acceptors (Lipinski definition) is 1. The van der Waals surface area contributed by atoms with Gasteiger partial charge in [0.25, 0.3) is 0 Å². The fourth-order valence-electron chi connectivity index (χ4n) is 2.59. The SMILES string of the molecule is CCCCCC1CCC2=CCCC=C2N1. The summed E-state index contributed by atoms with van der Waals surface area (Å²) in [4.78, 5) is 0. The van der Waals surface area contributed by atoms with Gasteiger partial charge in [-0.3, -0.25) is 0 Å². The van der Waals surface area contributed by atoms with Crippen LogP contribution in [0, 0.1) is 0 Å². The summed E-state index contributed by atoms with van der Waals surface area (Å²) in [6.45, 7) is 2.28. The van der Waals surface area contributed by atoms with E-state index in [4.69, 9.17) is 0 Å². The molecule has 0 amide bonds. The van der Waals surface area contributed by atoms with E-state index in [1.54, 1.807) is 5.57 Å². The van der Waals surface area contributed by atoms with Crippen LogP contribution < -0.4 is 5.32 Å². The number of unbranched alkanes of at least 4 members (excludes halogenated alkanes) is 2. The number of hydrogen-bond donors (Lipinski definition) is 1. The monoisotopic (exact) mass is 205 g/mol. The molecular weight excluding hydrogens is 182 g/mol. The molecule has 0 saturated carbocycles. The van der Waals surface area contributed by atoms with Crippen molar-refractivity contribution in [2.24, 2.45) is 0 Å². The van der Waals surface area contributed by atoms with Crippen molar-refractivity contribution in [2.75, 3.05) is 0 Å². The van der Waals surface area contributed by atoms with Crippen LogP contribution in [-0.2, 0) is 0 Å². The molecular formula is C14H23N. The maximum absolute atomic E-state index is 3.71. The number of allylic oxidation sites excluding steroid dienone is 3. The number of piperidine rings is 1. The van der Waals surface area contributed by atoms with E-state index in [2.05, 4.69) is 24.4 Å². The van der Waals surface area contributed by atoms with Gasteiger partial charge in [-0.1, -0.05) is 38.3 Å². The minimum atomic E-state index is 0.748. The molecule has 0 aromatic heterocycles. The van der Waals surface area contributed by atoms with E-state index in [9.17, 15) is 0 Å². The molecule has 1 aliphatic carbocycles. The third-order valence-electron chi connectivity index (χ3n) is 3.53. The van der Waals surface area contributed by atoms with Crippen LogP contribution >= 0.6 is 0 Å². The Kier molecular flexibility index (Phi) is 3.87. The first kappa shape index (κ1) is 10.8. The molecule has 0 aromatic rings. The second kappa shape index (κ2) is 5.39. The van der Waals surface area contributed by atoms with Crippen molar-refractivity contribution >= 4 is 0 Å². The van der Waals surface area contributed by atoms with Crippen LogP contribution in [0.25, 0.3) is 0 Å². The molecule has 1 aliphatic heterocycles. The molecule has 2 rings (SSSR count). The van der Waals surface area contributed by atoms with Gasteiger partial charge >= 0.3 is 0 Å². The van der Waals surface area contributed by atoms with Crippen molar-refractivity contribution < 1.29 is 0 Å². The molecule has 0 radical (unpaired) electrons. The lowest BCUT2D eigenvalue weighted by atomic mass is 9.90. The Bertz CT molecular complexity index is 263. The highest BCUT2D eigenvalue weighted by Gasteiger charge is 2.20. The largest absolute Gasteiger partial charge is 0.382 e. The Morgan fingerprint density at radius 2 is 2.13 bits per heavy atom. The normalized spacial score (nSPS) is 25.0. The second-order valence-electron chi connectivity index (χ2n) is 4.80. The van der Waals surface area contributed by atoms with Crippen molar-refractivity contribution in [3.8, 4) is 0 Å². The lowest BCUT2D eigenvalue weighted by Crippen LogP contribution is -2.34. The average Bonchev–Trinajstić information content (AvgIpc) is 2.29. The first-order valence-corrected chi connectivity index (χ1v) is 6.56. The molecule has 1 N–H and O–H groups in total.